The van der Waals surface area contributed by atoms with Gasteiger partial charge in [-0.2, -0.15) is 0 Å². The molecule has 0 saturated heterocycles. The van der Waals surface area contributed by atoms with Gasteiger partial charge in [0, 0.05) is 35.9 Å². The average molecular weight is 469 g/mol. The normalized spacial score (nSPS) is 11.0. The molecule has 4 N–H and O–H groups in total. The molecule has 0 aliphatic heterocycles. The number of nitrogens with one attached hydrogen (secondary N) is 1. The molecule has 3 aromatic carbocycles. The summed E-state index contributed by atoms with van der Waals surface area (Å²) in [5, 5.41) is 30.8. The molecular formula is C27H24N4O4. The lowest BCUT2D eigenvalue weighted by Crippen LogP contribution is -2.22. The van der Waals surface area contributed by atoms with Crippen LogP contribution in [0.25, 0.3) is 40.2 Å². The molecular weight excluding hydrogens is 444 g/mol. The molecule has 1 aromatic heterocycles. The van der Waals surface area contributed by atoms with Gasteiger partial charge in [0.1, 0.15) is 11.5 Å². The first-order chi connectivity index (χ1) is 17.0. The van der Waals surface area contributed by atoms with E-state index in [0.717, 1.165) is 22.3 Å². The van der Waals surface area contributed by atoms with E-state index < -0.39 is 0 Å². The van der Waals surface area contributed by atoms with E-state index in [9.17, 15) is 15.0 Å². The fourth-order valence-electron chi connectivity index (χ4n) is 3.25. The van der Waals surface area contributed by atoms with E-state index in [4.69, 9.17) is 5.11 Å². The van der Waals surface area contributed by atoms with Gasteiger partial charge in [-0.15, -0.1) is 0 Å². The van der Waals surface area contributed by atoms with E-state index in [2.05, 4.69) is 20.3 Å². The predicted octanol–water partition coefficient (Wildman–Crippen LogP) is 3.80. The third-order valence-corrected chi connectivity index (χ3v) is 5.12. The van der Waals surface area contributed by atoms with Gasteiger partial charge in [-0.3, -0.25) is 4.79 Å². The SMILES string of the molecule is O=C(/C=C/c1ccc(-c2nc(-c3ccc(O)cc3)nc(-c3ccc(O)cc3)n2)cc1)NCCCO. The third kappa shape index (κ3) is 6.27. The molecule has 0 unspecified atom stereocenters. The summed E-state index contributed by atoms with van der Waals surface area (Å²) in [4.78, 5) is 25.7. The summed E-state index contributed by atoms with van der Waals surface area (Å²) in [6.45, 7) is 0.455. The topological polar surface area (TPSA) is 128 Å². The van der Waals surface area contributed by atoms with Crippen LogP contribution in [0.15, 0.2) is 78.9 Å². The average Bonchev–Trinajstić information content (AvgIpc) is 2.88. The molecule has 0 radical (unpaired) electrons. The summed E-state index contributed by atoms with van der Waals surface area (Å²) in [6.07, 6.45) is 3.66. The number of phenolic OH excluding ortho intramolecular Hbond substituents is 2. The number of aliphatic hydroxyl groups excluding tert-OH is 1. The second kappa shape index (κ2) is 11.0. The number of nitrogens with zero attached hydrogens (tertiary/aromatic N) is 3. The van der Waals surface area contributed by atoms with E-state index in [1.54, 1.807) is 54.6 Å². The van der Waals surface area contributed by atoms with Crippen molar-refractivity contribution in [1.82, 2.24) is 20.3 Å². The summed E-state index contributed by atoms with van der Waals surface area (Å²) in [5.41, 5.74) is 3.03. The number of hydrogen-bond acceptors (Lipinski definition) is 7. The van der Waals surface area contributed by atoms with Crippen LogP contribution in [0, 0.1) is 0 Å². The number of aromatic hydroxyl groups is 2. The summed E-state index contributed by atoms with van der Waals surface area (Å²) >= 11 is 0. The Balaban J connectivity index is 1.64. The van der Waals surface area contributed by atoms with Gasteiger partial charge in [0.2, 0.25) is 5.91 Å². The minimum Gasteiger partial charge on any atom is -0.508 e. The number of aromatic nitrogens is 3. The van der Waals surface area contributed by atoms with Crippen molar-refractivity contribution >= 4 is 12.0 Å². The maximum atomic E-state index is 11.8. The monoisotopic (exact) mass is 468 g/mol. The Morgan fingerprint density at radius 2 is 1.14 bits per heavy atom. The zero-order valence-electron chi connectivity index (χ0n) is 18.8. The van der Waals surface area contributed by atoms with Crippen molar-refractivity contribution in [2.24, 2.45) is 0 Å². The molecule has 0 aliphatic rings. The third-order valence-electron chi connectivity index (χ3n) is 5.12. The van der Waals surface area contributed by atoms with Crippen molar-refractivity contribution in [3.05, 3.63) is 84.4 Å². The standard InChI is InChI=1S/C27H24N4O4/c32-17-1-16-28-24(35)15-4-18-2-5-19(6-3-18)25-29-26(20-7-11-22(33)12-8-20)31-27(30-25)21-9-13-23(34)14-10-21/h2-15,32-34H,1,16-17H2,(H,28,35)/b15-4+. The Morgan fingerprint density at radius 1 is 0.714 bits per heavy atom. The van der Waals surface area contributed by atoms with Crippen molar-refractivity contribution in [3.63, 3.8) is 0 Å². The first-order valence-corrected chi connectivity index (χ1v) is 11.0. The van der Waals surface area contributed by atoms with Crippen molar-refractivity contribution < 1.29 is 20.1 Å². The Labute approximate surface area is 202 Å². The number of hydrogen-bond donors (Lipinski definition) is 4. The Kier molecular flexibility index (Phi) is 7.44. The van der Waals surface area contributed by atoms with Crippen LogP contribution in [-0.4, -0.2) is 49.3 Å². The smallest absolute Gasteiger partial charge is 0.244 e. The van der Waals surface area contributed by atoms with Gasteiger partial charge in [0.25, 0.3) is 0 Å². The highest BCUT2D eigenvalue weighted by atomic mass is 16.3. The van der Waals surface area contributed by atoms with Gasteiger partial charge < -0.3 is 20.6 Å². The number of amides is 1. The van der Waals surface area contributed by atoms with Crippen molar-refractivity contribution in [2.45, 2.75) is 6.42 Å². The number of benzene rings is 3. The summed E-state index contributed by atoms with van der Waals surface area (Å²) in [6, 6.07) is 20.6. The van der Waals surface area contributed by atoms with Gasteiger partial charge in [-0.1, -0.05) is 24.3 Å². The zero-order chi connectivity index (χ0) is 24.6. The lowest BCUT2D eigenvalue weighted by molar-refractivity contribution is -0.116. The number of rotatable bonds is 8. The van der Waals surface area contributed by atoms with Gasteiger partial charge in [-0.05, 0) is 66.6 Å². The number of phenols is 2. The molecule has 4 rings (SSSR count). The molecule has 8 nitrogen and oxygen atoms in total. The van der Waals surface area contributed by atoms with Gasteiger partial charge in [-0.25, -0.2) is 15.0 Å². The number of carbonyl (C=O) groups is 1. The zero-order valence-corrected chi connectivity index (χ0v) is 18.8. The molecule has 4 aromatic rings. The van der Waals surface area contributed by atoms with Crippen LogP contribution in [0.2, 0.25) is 0 Å². The summed E-state index contributed by atoms with van der Waals surface area (Å²) in [7, 11) is 0. The molecule has 0 spiro atoms. The Bertz CT molecular complexity index is 1260. The maximum absolute atomic E-state index is 11.8. The largest absolute Gasteiger partial charge is 0.508 e. The van der Waals surface area contributed by atoms with Gasteiger partial charge in [0.15, 0.2) is 17.5 Å². The molecule has 0 saturated carbocycles. The van der Waals surface area contributed by atoms with Crippen LogP contribution in [-0.2, 0) is 4.79 Å². The van der Waals surface area contributed by atoms with E-state index >= 15 is 0 Å². The van der Waals surface area contributed by atoms with Gasteiger partial charge >= 0.3 is 0 Å². The molecule has 0 fully saturated rings. The van der Waals surface area contributed by atoms with Crippen molar-refractivity contribution in [3.8, 4) is 45.7 Å². The lowest BCUT2D eigenvalue weighted by atomic mass is 10.1. The highest BCUT2D eigenvalue weighted by Crippen LogP contribution is 2.26. The van der Waals surface area contributed by atoms with Crippen molar-refractivity contribution in [2.75, 3.05) is 13.2 Å². The molecule has 0 aliphatic carbocycles. The fourth-order valence-corrected chi connectivity index (χ4v) is 3.25. The summed E-state index contributed by atoms with van der Waals surface area (Å²) < 4.78 is 0. The predicted molar refractivity (Wildman–Crippen MR) is 133 cm³/mol. The maximum Gasteiger partial charge on any atom is 0.244 e. The molecule has 0 atom stereocenters. The second-order valence-corrected chi connectivity index (χ2v) is 7.72. The highest BCUT2D eigenvalue weighted by molar-refractivity contribution is 5.91. The first kappa shape index (κ1) is 23.6. The quantitative estimate of drug-likeness (QED) is 0.229. The van der Waals surface area contributed by atoms with Crippen LogP contribution >= 0.6 is 0 Å². The second-order valence-electron chi connectivity index (χ2n) is 7.72. The molecule has 0 bridgehead atoms. The van der Waals surface area contributed by atoms with E-state index in [-0.39, 0.29) is 24.0 Å². The number of carbonyl (C=O) groups excluding carboxylic acids is 1. The minimum atomic E-state index is -0.225. The fraction of sp³-hybridized carbons (Fsp3) is 0.111. The molecule has 35 heavy (non-hydrogen) atoms. The number of aliphatic hydroxyl groups is 1. The van der Waals surface area contributed by atoms with Crippen molar-refractivity contribution in [1.29, 1.82) is 0 Å². The van der Waals surface area contributed by atoms with Crippen LogP contribution in [0.3, 0.4) is 0 Å². The lowest BCUT2D eigenvalue weighted by Gasteiger charge is -2.09. The molecule has 176 valence electrons. The Morgan fingerprint density at radius 3 is 1.57 bits per heavy atom. The summed E-state index contributed by atoms with van der Waals surface area (Å²) in [5.74, 6) is 1.42. The molecule has 8 heteroatoms. The van der Waals surface area contributed by atoms with Crippen LogP contribution in [0.4, 0.5) is 0 Å². The first-order valence-electron chi connectivity index (χ1n) is 11.0. The molecule has 1 amide bonds. The van der Waals surface area contributed by atoms with E-state index in [1.165, 1.54) is 6.08 Å². The molecule has 1 heterocycles. The Hall–Kier alpha value is -4.56. The van der Waals surface area contributed by atoms with Gasteiger partial charge in [0.05, 0.1) is 0 Å². The highest BCUT2D eigenvalue weighted by Gasteiger charge is 2.12. The van der Waals surface area contributed by atoms with E-state index in [0.29, 0.717) is 30.4 Å². The van der Waals surface area contributed by atoms with Crippen LogP contribution in [0.1, 0.15) is 12.0 Å². The van der Waals surface area contributed by atoms with E-state index in [1.807, 2.05) is 24.3 Å². The van der Waals surface area contributed by atoms with Crippen LogP contribution < -0.4 is 5.32 Å². The minimum absolute atomic E-state index is 0.0332. The van der Waals surface area contributed by atoms with Crippen LogP contribution in [0.5, 0.6) is 11.5 Å².